The molecule has 4 rings (SSSR count). The Labute approximate surface area is 173 Å². The fraction of sp³-hybridized carbons (Fsp3) is 0.294. The van der Waals surface area contributed by atoms with Gasteiger partial charge in [-0.25, -0.2) is 4.79 Å². The van der Waals surface area contributed by atoms with Crippen molar-refractivity contribution in [1.29, 1.82) is 0 Å². The maximum absolute atomic E-state index is 13.0. The first-order chi connectivity index (χ1) is 13.4. The van der Waals surface area contributed by atoms with Crippen molar-refractivity contribution in [3.8, 4) is 11.5 Å². The van der Waals surface area contributed by atoms with Crippen molar-refractivity contribution >= 4 is 53.2 Å². The molecular formula is C17H15N3O5S3. The van der Waals surface area contributed by atoms with Crippen molar-refractivity contribution in [3.05, 3.63) is 32.6 Å². The maximum atomic E-state index is 13.0. The third-order valence-corrected chi connectivity index (χ3v) is 7.56. The molecule has 0 aliphatic carbocycles. The molecule has 4 amide bonds. The van der Waals surface area contributed by atoms with E-state index < -0.39 is 34.9 Å². The van der Waals surface area contributed by atoms with Crippen molar-refractivity contribution in [2.24, 2.45) is 11.7 Å². The topological polar surface area (TPSA) is 115 Å². The van der Waals surface area contributed by atoms with Crippen molar-refractivity contribution in [3.63, 3.8) is 0 Å². The summed E-state index contributed by atoms with van der Waals surface area (Å²) in [5.74, 6) is -1.40. The van der Waals surface area contributed by atoms with E-state index in [0.29, 0.717) is 20.4 Å². The van der Waals surface area contributed by atoms with Gasteiger partial charge in [0.15, 0.2) is 15.5 Å². The van der Waals surface area contributed by atoms with Gasteiger partial charge in [-0.1, -0.05) is 17.8 Å². The average molecular weight is 438 g/mol. The third-order valence-electron chi connectivity index (χ3n) is 4.81. The number of hydrogen-bond acceptors (Lipinski definition) is 8. The van der Waals surface area contributed by atoms with Gasteiger partial charge in [-0.2, -0.15) is 4.90 Å². The Balaban J connectivity index is 1.90. The summed E-state index contributed by atoms with van der Waals surface area (Å²) in [6.07, 6.45) is 0. The number of methoxy groups -OCH3 is 2. The van der Waals surface area contributed by atoms with Crippen LogP contribution in [-0.2, 0) is 9.59 Å². The van der Waals surface area contributed by atoms with E-state index in [0.717, 1.165) is 15.5 Å². The number of fused-ring (bicyclic) bond motifs is 2. The van der Waals surface area contributed by atoms with Gasteiger partial charge in [-0.3, -0.25) is 9.59 Å². The highest BCUT2D eigenvalue weighted by atomic mass is 32.2. The van der Waals surface area contributed by atoms with Gasteiger partial charge < -0.3 is 20.2 Å². The van der Waals surface area contributed by atoms with E-state index in [9.17, 15) is 14.4 Å². The van der Waals surface area contributed by atoms with Crippen LogP contribution in [0.2, 0.25) is 0 Å². The Kier molecular flexibility index (Phi) is 4.68. The SMILES string of the molecule is COc1ccc(C2c3sc(=S)[nH]c3SC3C(=O)N(C(N)=O)C(=O)C32)cc1OC. The second-order valence-electron chi connectivity index (χ2n) is 6.21. The lowest BCUT2D eigenvalue weighted by atomic mass is 9.83. The molecule has 3 N–H and O–H groups in total. The van der Waals surface area contributed by atoms with Gasteiger partial charge in [-0.05, 0) is 29.9 Å². The van der Waals surface area contributed by atoms with Crippen LogP contribution >= 0.6 is 35.3 Å². The number of ether oxygens (including phenoxy) is 2. The smallest absolute Gasteiger partial charge is 0.328 e. The van der Waals surface area contributed by atoms with Crippen LogP contribution in [0.25, 0.3) is 0 Å². The van der Waals surface area contributed by atoms with Crippen molar-refractivity contribution in [1.82, 2.24) is 9.88 Å². The van der Waals surface area contributed by atoms with Crippen molar-refractivity contribution in [2.45, 2.75) is 16.2 Å². The predicted octanol–water partition coefficient (Wildman–Crippen LogP) is 2.49. The molecule has 1 saturated heterocycles. The Morgan fingerprint density at radius 3 is 2.57 bits per heavy atom. The van der Waals surface area contributed by atoms with Gasteiger partial charge >= 0.3 is 6.03 Å². The third kappa shape index (κ3) is 2.73. The van der Waals surface area contributed by atoms with E-state index in [1.54, 1.807) is 12.1 Å². The summed E-state index contributed by atoms with van der Waals surface area (Å²) < 4.78 is 11.2. The van der Waals surface area contributed by atoms with Gasteiger partial charge in [0.2, 0.25) is 5.91 Å². The number of aromatic amines is 1. The summed E-state index contributed by atoms with van der Waals surface area (Å²) >= 11 is 7.83. The second kappa shape index (κ2) is 6.90. The molecule has 2 aliphatic rings. The summed E-state index contributed by atoms with van der Waals surface area (Å²) in [7, 11) is 3.05. The van der Waals surface area contributed by atoms with E-state index in [2.05, 4.69) is 4.98 Å². The first-order valence-electron chi connectivity index (χ1n) is 8.16. The van der Waals surface area contributed by atoms with E-state index in [-0.39, 0.29) is 0 Å². The number of H-pyrrole nitrogens is 1. The first kappa shape index (κ1) is 19.0. The van der Waals surface area contributed by atoms with E-state index in [4.69, 9.17) is 27.4 Å². The number of thiazole rings is 1. The monoisotopic (exact) mass is 437 g/mol. The predicted molar refractivity (Wildman–Crippen MR) is 105 cm³/mol. The van der Waals surface area contributed by atoms with Crippen LogP contribution < -0.4 is 15.2 Å². The van der Waals surface area contributed by atoms with Crippen LogP contribution in [0.1, 0.15) is 16.4 Å². The van der Waals surface area contributed by atoms with Crippen LogP contribution in [0.15, 0.2) is 23.2 Å². The molecule has 0 radical (unpaired) electrons. The fourth-order valence-corrected chi connectivity index (χ4v) is 6.60. The second-order valence-corrected chi connectivity index (χ2v) is 9.09. The van der Waals surface area contributed by atoms with Crippen LogP contribution in [0, 0.1) is 9.87 Å². The summed E-state index contributed by atoms with van der Waals surface area (Å²) in [6, 6.07) is 4.26. The Morgan fingerprint density at radius 1 is 1.21 bits per heavy atom. The number of imide groups is 3. The molecule has 3 atom stereocenters. The fourth-order valence-electron chi connectivity index (χ4n) is 3.64. The van der Waals surface area contributed by atoms with E-state index in [1.807, 2.05) is 6.07 Å². The molecule has 0 spiro atoms. The highest BCUT2D eigenvalue weighted by Gasteiger charge is 2.57. The number of nitrogens with one attached hydrogen (secondary N) is 1. The van der Waals surface area contributed by atoms with Gasteiger partial charge in [0, 0.05) is 10.8 Å². The summed E-state index contributed by atoms with van der Waals surface area (Å²) in [5, 5.41) is -0.0330. The summed E-state index contributed by atoms with van der Waals surface area (Å²) in [4.78, 5) is 41.8. The van der Waals surface area contributed by atoms with Gasteiger partial charge in [-0.15, -0.1) is 11.3 Å². The van der Waals surface area contributed by atoms with E-state index in [1.165, 1.54) is 37.3 Å². The molecule has 2 aliphatic heterocycles. The molecule has 1 fully saturated rings. The molecule has 3 unspecified atom stereocenters. The van der Waals surface area contributed by atoms with Crippen molar-refractivity contribution in [2.75, 3.05) is 14.2 Å². The Morgan fingerprint density at radius 2 is 1.93 bits per heavy atom. The van der Waals surface area contributed by atoms with E-state index >= 15 is 0 Å². The number of hydrogen-bond donors (Lipinski definition) is 2. The van der Waals surface area contributed by atoms with Crippen LogP contribution in [0.5, 0.6) is 11.5 Å². The summed E-state index contributed by atoms with van der Waals surface area (Å²) in [6.45, 7) is 0. The Bertz CT molecular complexity index is 1060. The number of benzene rings is 1. The number of thioether (sulfide) groups is 1. The van der Waals surface area contributed by atoms with Gasteiger partial charge in [0.1, 0.15) is 5.25 Å². The number of urea groups is 1. The lowest BCUT2D eigenvalue weighted by Crippen LogP contribution is -2.41. The molecule has 146 valence electrons. The molecule has 1 aromatic heterocycles. The number of primary amides is 1. The number of aromatic nitrogens is 1. The molecule has 8 nitrogen and oxygen atoms in total. The van der Waals surface area contributed by atoms with Gasteiger partial charge in [0.25, 0.3) is 5.91 Å². The average Bonchev–Trinajstić information content (AvgIpc) is 3.15. The Hall–Kier alpha value is -2.37. The van der Waals surface area contributed by atoms with Crippen molar-refractivity contribution < 1.29 is 23.9 Å². The number of carbonyl (C=O) groups is 3. The molecule has 1 aromatic carbocycles. The first-order valence-corrected chi connectivity index (χ1v) is 10.3. The highest BCUT2D eigenvalue weighted by Crippen LogP contribution is 2.54. The largest absolute Gasteiger partial charge is 0.493 e. The molecule has 11 heteroatoms. The lowest BCUT2D eigenvalue weighted by Gasteiger charge is -2.30. The molecule has 2 aromatic rings. The quantitative estimate of drug-likeness (QED) is 0.560. The highest BCUT2D eigenvalue weighted by molar-refractivity contribution is 8.00. The molecule has 28 heavy (non-hydrogen) atoms. The zero-order valence-corrected chi connectivity index (χ0v) is 17.2. The zero-order chi connectivity index (χ0) is 20.2. The minimum atomic E-state index is -1.06. The van der Waals surface area contributed by atoms with Crippen LogP contribution in [0.3, 0.4) is 0 Å². The number of carbonyl (C=O) groups excluding carboxylic acids is 3. The van der Waals surface area contributed by atoms with Crippen LogP contribution in [0.4, 0.5) is 4.79 Å². The lowest BCUT2D eigenvalue weighted by molar-refractivity contribution is -0.135. The zero-order valence-electron chi connectivity index (χ0n) is 14.8. The normalized spacial score (nSPS) is 23.4. The molecule has 3 heterocycles. The minimum Gasteiger partial charge on any atom is -0.493 e. The number of nitrogens with two attached hydrogens (primary N) is 1. The standard InChI is InChI=1S/C17H15N3O5S3/c1-24-7-4-3-6(5-8(7)25-2)9-10-12(15(22)20(14(10)21)16(18)23)27-13-11(9)28-17(26)19-13/h3-5,9-10,12H,1-2H3,(H2,18,23)(H,19,26). The molecule has 0 saturated carbocycles. The van der Waals surface area contributed by atoms with Crippen LogP contribution in [-0.4, -0.2) is 47.2 Å². The summed E-state index contributed by atoms with van der Waals surface area (Å²) in [5.41, 5.74) is 6.04. The number of likely N-dealkylation sites (tertiary alicyclic amines) is 1. The number of rotatable bonds is 3. The molecule has 0 bridgehead atoms. The number of amides is 4. The van der Waals surface area contributed by atoms with Gasteiger partial charge in [0.05, 0.1) is 25.2 Å². The minimum absolute atomic E-state index is 0.472. The number of nitrogens with zero attached hydrogens (tertiary/aromatic N) is 1. The maximum Gasteiger partial charge on any atom is 0.328 e. The molecular weight excluding hydrogens is 422 g/mol.